The second-order valence-corrected chi connectivity index (χ2v) is 5.33. The lowest BCUT2D eigenvalue weighted by atomic mass is 10.2. The minimum absolute atomic E-state index is 0.0532. The Balaban J connectivity index is 3.42. The first-order valence-electron chi connectivity index (χ1n) is 4.08. The molecule has 0 spiro atoms. The maximum Gasteiger partial charge on any atom is 0.246 e. The molecule has 4 nitrogen and oxygen atoms in total. The maximum atomic E-state index is 11.7. The van der Waals surface area contributed by atoms with Gasteiger partial charge in [-0.05, 0) is 18.6 Å². The summed E-state index contributed by atoms with van der Waals surface area (Å²) in [4.78, 5) is -0.0532. The summed E-state index contributed by atoms with van der Waals surface area (Å²) >= 11 is 0. The van der Waals surface area contributed by atoms with E-state index in [1.807, 2.05) is 0 Å². The summed E-state index contributed by atoms with van der Waals surface area (Å²) in [6, 6.07) is 4.65. The minimum atomic E-state index is -3.55. The largest absolute Gasteiger partial charge is 0.506 e. The van der Waals surface area contributed by atoms with Gasteiger partial charge in [-0.1, -0.05) is 12.1 Å². The van der Waals surface area contributed by atoms with Gasteiger partial charge in [0.05, 0.1) is 0 Å². The van der Waals surface area contributed by atoms with E-state index in [1.165, 1.54) is 20.2 Å². The Morgan fingerprint density at radius 1 is 1.29 bits per heavy atom. The summed E-state index contributed by atoms with van der Waals surface area (Å²) in [5.41, 5.74) is 0.549. The number of aryl methyl sites for hydroxylation is 1. The van der Waals surface area contributed by atoms with Crippen LogP contribution in [0.5, 0.6) is 5.75 Å². The van der Waals surface area contributed by atoms with Gasteiger partial charge in [-0.25, -0.2) is 12.7 Å². The van der Waals surface area contributed by atoms with Crippen molar-refractivity contribution < 1.29 is 13.5 Å². The van der Waals surface area contributed by atoms with Crippen LogP contribution in [-0.4, -0.2) is 31.9 Å². The summed E-state index contributed by atoms with van der Waals surface area (Å²) in [6.07, 6.45) is 0. The molecule has 0 bridgehead atoms. The van der Waals surface area contributed by atoms with Crippen LogP contribution in [-0.2, 0) is 10.0 Å². The molecule has 0 aromatic heterocycles. The van der Waals surface area contributed by atoms with Crippen molar-refractivity contribution in [1.82, 2.24) is 4.31 Å². The van der Waals surface area contributed by atoms with E-state index in [0.29, 0.717) is 5.56 Å². The fraction of sp³-hybridized carbons (Fsp3) is 0.333. The van der Waals surface area contributed by atoms with Gasteiger partial charge < -0.3 is 5.11 Å². The molecule has 0 aliphatic rings. The van der Waals surface area contributed by atoms with Gasteiger partial charge in [0.25, 0.3) is 0 Å². The molecule has 5 heteroatoms. The van der Waals surface area contributed by atoms with E-state index in [-0.39, 0.29) is 10.6 Å². The number of aromatic hydroxyl groups is 1. The Kier molecular flexibility index (Phi) is 2.82. The number of para-hydroxylation sites is 1. The predicted octanol–water partition coefficient (Wildman–Crippen LogP) is 0.951. The first kappa shape index (κ1) is 11.0. The van der Waals surface area contributed by atoms with Crippen LogP contribution >= 0.6 is 0 Å². The molecule has 0 saturated carbocycles. The molecule has 0 unspecified atom stereocenters. The van der Waals surface area contributed by atoms with Crippen molar-refractivity contribution in [2.75, 3.05) is 14.1 Å². The highest BCUT2D eigenvalue weighted by Gasteiger charge is 2.21. The Labute approximate surface area is 83.8 Å². The van der Waals surface area contributed by atoms with Crippen molar-refractivity contribution in [1.29, 1.82) is 0 Å². The molecule has 1 N–H and O–H groups in total. The topological polar surface area (TPSA) is 57.6 Å². The van der Waals surface area contributed by atoms with Crippen LogP contribution in [0.1, 0.15) is 5.56 Å². The van der Waals surface area contributed by atoms with E-state index in [2.05, 4.69) is 0 Å². The average molecular weight is 215 g/mol. The number of phenolic OH excluding ortho intramolecular Hbond substituents is 1. The second-order valence-electron chi connectivity index (χ2n) is 3.21. The molecule has 0 radical (unpaired) electrons. The summed E-state index contributed by atoms with van der Waals surface area (Å²) in [5, 5.41) is 9.58. The highest BCUT2D eigenvalue weighted by atomic mass is 32.2. The number of rotatable bonds is 2. The van der Waals surface area contributed by atoms with Crippen molar-refractivity contribution >= 4 is 10.0 Å². The Hall–Kier alpha value is -1.07. The number of sulfonamides is 1. The van der Waals surface area contributed by atoms with Gasteiger partial charge in [0.2, 0.25) is 10.0 Å². The lowest BCUT2D eigenvalue weighted by Crippen LogP contribution is -2.22. The zero-order valence-corrected chi connectivity index (χ0v) is 9.17. The molecule has 78 valence electrons. The van der Waals surface area contributed by atoms with Crippen LogP contribution in [0.3, 0.4) is 0 Å². The smallest absolute Gasteiger partial charge is 0.246 e. The summed E-state index contributed by atoms with van der Waals surface area (Å²) < 4.78 is 24.4. The van der Waals surface area contributed by atoms with Gasteiger partial charge in [0, 0.05) is 14.1 Å². The Morgan fingerprint density at radius 2 is 1.86 bits per heavy atom. The molecule has 0 amide bonds. The fourth-order valence-corrected chi connectivity index (χ4v) is 2.09. The van der Waals surface area contributed by atoms with Crippen molar-refractivity contribution in [3.05, 3.63) is 23.8 Å². The van der Waals surface area contributed by atoms with Crippen molar-refractivity contribution in [2.24, 2.45) is 0 Å². The monoisotopic (exact) mass is 215 g/mol. The quantitative estimate of drug-likeness (QED) is 0.799. The van der Waals surface area contributed by atoms with E-state index >= 15 is 0 Å². The van der Waals surface area contributed by atoms with Gasteiger partial charge in [-0.2, -0.15) is 0 Å². The van der Waals surface area contributed by atoms with Gasteiger partial charge in [0.15, 0.2) is 0 Å². The molecular weight excluding hydrogens is 202 g/mol. The summed E-state index contributed by atoms with van der Waals surface area (Å²) in [7, 11) is -0.691. The van der Waals surface area contributed by atoms with Crippen LogP contribution in [0.2, 0.25) is 0 Å². The molecule has 1 aromatic rings. The van der Waals surface area contributed by atoms with Crippen molar-refractivity contribution in [3.63, 3.8) is 0 Å². The van der Waals surface area contributed by atoms with Gasteiger partial charge >= 0.3 is 0 Å². The van der Waals surface area contributed by atoms with Crippen molar-refractivity contribution in [2.45, 2.75) is 11.8 Å². The maximum absolute atomic E-state index is 11.7. The van der Waals surface area contributed by atoms with Crippen LogP contribution in [0, 0.1) is 6.92 Å². The first-order valence-corrected chi connectivity index (χ1v) is 5.52. The zero-order valence-electron chi connectivity index (χ0n) is 8.35. The molecule has 0 fully saturated rings. The predicted molar refractivity (Wildman–Crippen MR) is 53.7 cm³/mol. The minimum Gasteiger partial charge on any atom is -0.506 e. The number of hydrogen-bond acceptors (Lipinski definition) is 3. The lowest BCUT2D eigenvalue weighted by Gasteiger charge is -2.13. The molecule has 1 rings (SSSR count). The molecule has 0 heterocycles. The molecule has 1 aromatic carbocycles. The molecule has 0 atom stereocenters. The third-order valence-electron chi connectivity index (χ3n) is 1.96. The molecular formula is C9H13NO3S. The number of phenols is 1. The number of nitrogens with zero attached hydrogens (tertiary/aromatic N) is 1. The van der Waals surface area contributed by atoms with E-state index in [0.717, 1.165) is 4.31 Å². The SMILES string of the molecule is Cc1cccc(S(=O)(=O)N(C)C)c1O. The van der Waals surface area contributed by atoms with Crippen LogP contribution in [0.25, 0.3) is 0 Å². The fourth-order valence-electron chi connectivity index (χ4n) is 1.04. The van der Waals surface area contributed by atoms with Crippen LogP contribution in [0.4, 0.5) is 0 Å². The van der Waals surface area contributed by atoms with Gasteiger partial charge in [0.1, 0.15) is 10.6 Å². The lowest BCUT2D eigenvalue weighted by molar-refractivity contribution is 0.448. The number of hydrogen-bond donors (Lipinski definition) is 1. The van der Waals surface area contributed by atoms with Gasteiger partial charge in [-0.15, -0.1) is 0 Å². The summed E-state index contributed by atoms with van der Waals surface area (Å²) in [5.74, 6) is -0.179. The Morgan fingerprint density at radius 3 is 2.36 bits per heavy atom. The van der Waals surface area contributed by atoms with Crippen molar-refractivity contribution in [3.8, 4) is 5.75 Å². The van der Waals surface area contributed by atoms with E-state index in [4.69, 9.17) is 0 Å². The highest BCUT2D eigenvalue weighted by molar-refractivity contribution is 7.89. The van der Waals surface area contributed by atoms with Gasteiger partial charge in [-0.3, -0.25) is 0 Å². The van der Waals surface area contributed by atoms with E-state index in [1.54, 1.807) is 19.1 Å². The van der Waals surface area contributed by atoms with Crippen LogP contribution < -0.4 is 0 Å². The number of benzene rings is 1. The molecule has 0 saturated heterocycles. The molecule has 0 aliphatic carbocycles. The second kappa shape index (κ2) is 3.59. The normalized spacial score (nSPS) is 12.0. The van der Waals surface area contributed by atoms with E-state index in [9.17, 15) is 13.5 Å². The van der Waals surface area contributed by atoms with Crippen LogP contribution in [0.15, 0.2) is 23.1 Å². The first-order chi connectivity index (χ1) is 6.37. The standard InChI is InChI=1S/C9H13NO3S/c1-7-5-4-6-8(9(7)11)14(12,13)10(2)3/h4-6,11H,1-3H3. The summed E-state index contributed by atoms with van der Waals surface area (Å²) in [6.45, 7) is 1.66. The highest BCUT2D eigenvalue weighted by Crippen LogP contribution is 2.27. The van der Waals surface area contributed by atoms with E-state index < -0.39 is 10.0 Å². The average Bonchev–Trinajstić information content (AvgIpc) is 2.09. The molecule has 0 aliphatic heterocycles. The Bertz CT molecular complexity index is 437. The molecule has 14 heavy (non-hydrogen) atoms. The third kappa shape index (κ3) is 1.73. The third-order valence-corrected chi connectivity index (χ3v) is 3.81. The zero-order chi connectivity index (χ0) is 10.9.